The lowest BCUT2D eigenvalue weighted by atomic mass is 10.2. The van der Waals surface area contributed by atoms with Gasteiger partial charge in [0.15, 0.2) is 0 Å². The number of aromatic nitrogens is 1. The predicted octanol–water partition coefficient (Wildman–Crippen LogP) is 2.38. The highest BCUT2D eigenvalue weighted by atomic mass is 32.2. The molecule has 1 aromatic heterocycles. The fourth-order valence-electron chi connectivity index (χ4n) is 1.95. The summed E-state index contributed by atoms with van der Waals surface area (Å²) in [4.78, 5) is 6.83. The molecule has 96 valence electrons. The summed E-state index contributed by atoms with van der Waals surface area (Å²) in [5.41, 5.74) is 1.26. The van der Waals surface area contributed by atoms with Crippen molar-refractivity contribution in [3.05, 3.63) is 23.9 Å². The molecule has 1 rings (SSSR count). The number of pyridine rings is 1. The fourth-order valence-corrected chi connectivity index (χ4v) is 2.79. The Bertz CT molecular complexity index is 330. The lowest BCUT2D eigenvalue weighted by Crippen LogP contribution is -2.34. The number of thioether (sulfide) groups is 1. The van der Waals surface area contributed by atoms with Gasteiger partial charge in [-0.15, -0.1) is 0 Å². The molecule has 1 unspecified atom stereocenters. The third kappa shape index (κ3) is 3.89. The van der Waals surface area contributed by atoms with E-state index >= 15 is 0 Å². The molecule has 0 aromatic carbocycles. The molecule has 0 saturated carbocycles. The Morgan fingerprint density at radius 1 is 1.53 bits per heavy atom. The summed E-state index contributed by atoms with van der Waals surface area (Å²) >= 11 is 1.89. The third-order valence-electron chi connectivity index (χ3n) is 2.95. The minimum atomic E-state index is 0.551. The summed E-state index contributed by atoms with van der Waals surface area (Å²) in [5, 5.41) is 3.20. The third-order valence-corrected chi connectivity index (χ3v) is 3.66. The molecular formula is C13H23N3S. The Morgan fingerprint density at radius 3 is 2.88 bits per heavy atom. The van der Waals surface area contributed by atoms with Gasteiger partial charge >= 0.3 is 0 Å². The molecule has 0 aliphatic rings. The van der Waals surface area contributed by atoms with Gasteiger partial charge in [0.05, 0.1) is 0 Å². The minimum absolute atomic E-state index is 0.551. The maximum Gasteiger partial charge on any atom is 0.133 e. The van der Waals surface area contributed by atoms with Gasteiger partial charge in [-0.3, -0.25) is 0 Å². The number of rotatable bonds is 7. The van der Waals surface area contributed by atoms with Crippen molar-refractivity contribution in [1.29, 1.82) is 0 Å². The Hall–Kier alpha value is -0.740. The van der Waals surface area contributed by atoms with E-state index < -0.39 is 0 Å². The second kappa shape index (κ2) is 7.56. The van der Waals surface area contributed by atoms with E-state index in [1.807, 2.05) is 31.1 Å². The molecule has 1 N–H and O–H groups in total. The topological polar surface area (TPSA) is 28.2 Å². The number of anilines is 1. The van der Waals surface area contributed by atoms with Gasteiger partial charge in [0.2, 0.25) is 0 Å². The minimum Gasteiger partial charge on any atom is -0.356 e. The fraction of sp³-hybridized carbons (Fsp3) is 0.615. The van der Waals surface area contributed by atoms with E-state index in [9.17, 15) is 0 Å². The van der Waals surface area contributed by atoms with Crippen LogP contribution in [0.1, 0.15) is 18.9 Å². The number of hydrogen-bond donors (Lipinski definition) is 1. The maximum atomic E-state index is 4.52. The first kappa shape index (κ1) is 14.3. The van der Waals surface area contributed by atoms with Crippen LogP contribution in [0.4, 0.5) is 5.82 Å². The van der Waals surface area contributed by atoms with E-state index in [-0.39, 0.29) is 0 Å². The molecular weight excluding hydrogens is 230 g/mol. The van der Waals surface area contributed by atoms with E-state index in [1.54, 1.807) is 0 Å². The van der Waals surface area contributed by atoms with Gasteiger partial charge in [0, 0.05) is 37.1 Å². The summed E-state index contributed by atoms with van der Waals surface area (Å²) in [5.74, 6) is 2.24. The van der Waals surface area contributed by atoms with Crippen molar-refractivity contribution in [1.82, 2.24) is 10.3 Å². The van der Waals surface area contributed by atoms with Crippen LogP contribution in [0.5, 0.6) is 0 Å². The van der Waals surface area contributed by atoms with Crippen molar-refractivity contribution < 1.29 is 0 Å². The standard InChI is InChI=1S/C13H23N3S/c1-5-12(10-17-4)16(3)13-11(9-14-2)7-6-8-15-13/h6-8,12,14H,5,9-10H2,1-4H3. The smallest absolute Gasteiger partial charge is 0.133 e. The Morgan fingerprint density at radius 2 is 2.29 bits per heavy atom. The summed E-state index contributed by atoms with van der Waals surface area (Å²) < 4.78 is 0. The molecule has 0 bridgehead atoms. The average Bonchev–Trinajstić information content (AvgIpc) is 2.36. The van der Waals surface area contributed by atoms with Crippen LogP contribution in [0.15, 0.2) is 18.3 Å². The van der Waals surface area contributed by atoms with Crippen molar-refractivity contribution in [2.24, 2.45) is 0 Å². The zero-order chi connectivity index (χ0) is 12.7. The van der Waals surface area contributed by atoms with Crippen LogP contribution in [-0.4, -0.2) is 37.1 Å². The van der Waals surface area contributed by atoms with E-state index in [0.717, 1.165) is 24.5 Å². The Kier molecular flexibility index (Phi) is 6.37. The van der Waals surface area contributed by atoms with Gasteiger partial charge in [-0.2, -0.15) is 11.8 Å². The maximum absolute atomic E-state index is 4.52. The molecule has 0 amide bonds. The van der Waals surface area contributed by atoms with Gasteiger partial charge in [0.1, 0.15) is 5.82 Å². The monoisotopic (exact) mass is 253 g/mol. The number of hydrogen-bond acceptors (Lipinski definition) is 4. The van der Waals surface area contributed by atoms with E-state index in [2.05, 4.69) is 41.5 Å². The Balaban J connectivity index is 2.89. The average molecular weight is 253 g/mol. The van der Waals surface area contributed by atoms with Crippen LogP contribution >= 0.6 is 11.8 Å². The zero-order valence-corrected chi connectivity index (χ0v) is 12.0. The molecule has 0 aliphatic carbocycles. The summed E-state index contributed by atoms with van der Waals surface area (Å²) in [7, 11) is 4.11. The first-order valence-electron chi connectivity index (χ1n) is 6.04. The summed E-state index contributed by atoms with van der Waals surface area (Å²) in [6, 6.07) is 4.69. The second-order valence-corrected chi connectivity index (χ2v) is 5.06. The largest absolute Gasteiger partial charge is 0.356 e. The second-order valence-electron chi connectivity index (χ2n) is 4.14. The van der Waals surface area contributed by atoms with Crippen LogP contribution in [0.3, 0.4) is 0 Å². The van der Waals surface area contributed by atoms with Crippen molar-refractivity contribution >= 4 is 17.6 Å². The van der Waals surface area contributed by atoms with Crippen molar-refractivity contribution in [3.63, 3.8) is 0 Å². The highest BCUT2D eigenvalue weighted by Crippen LogP contribution is 2.20. The highest BCUT2D eigenvalue weighted by Gasteiger charge is 2.16. The Labute approximate surface area is 109 Å². The lowest BCUT2D eigenvalue weighted by molar-refractivity contribution is 0.659. The normalized spacial score (nSPS) is 12.5. The molecule has 1 atom stereocenters. The van der Waals surface area contributed by atoms with Crippen LogP contribution in [0, 0.1) is 0 Å². The SMILES string of the molecule is CCC(CSC)N(C)c1ncccc1CNC. The summed E-state index contributed by atoms with van der Waals surface area (Å²) in [6.07, 6.45) is 5.17. The molecule has 3 nitrogen and oxygen atoms in total. The van der Waals surface area contributed by atoms with E-state index in [1.165, 1.54) is 5.56 Å². The van der Waals surface area contributed by atoms with Gasteiger partial charge < -0.3 is 10.2 Å². The van der Waals surface area contributed by atoms with Crippen LogP contribution < -0.4 is 10.2 Å². The lowest BCUT2D eigenvalue weighted by Gasteiger charge is -2.29. The van der Waals surface area contributed by atoms with Crippen molar-refractivity contribution in [3.8, 4) is 0 Å². The number of nitrogens with one attached hydrogen (secondary N) is 1. The zero-order valence-electron chi connectivity index (χ0n) is 11.2. The first-order chi connectivity index (χ1) is 8.24. The van der Waals surface area contributed by atoms with Crippen molar-refractivity contribution in [2.45, 2.75) is 25.9 Å². The molecule has 4 heteroatoms. The van der Waals surface area contributed by atoms with E-state index in [0.29, 0.717) is 6.04 Å². The van der Waals surface area contributed by atoms with Crippen LogP contribution in [0.2, 0.25) is 0 Å². The molecule has 0 saturated heterocycles. The van der Waals surface area contributed by atoms with Gasteiger partial charge in [-0.05, 0) is 25.8 Å². The molecule has 1 heterocycles. The summed E-state index contributed by atoms with van der Waals surface area (Å²) in [6.45, 7) is 3.10. The predicted molar refractivity (Wildman–Crippen MR) is 77.9 cm³/mol. The number of nitrogens with zero attached hydrogens (tertiary/aromatic N) is 2. The molecule has 17 heavy (non-hydrogen) atoms. The van der Waals surface area contributed by atoms with Crippen molar-refractivity contribution in [2.75, 3.05) is 31.0 Å². The molecule has 0 radical (unpaired) electrons. The van der Waals surface area contributed by atoms with Gasteiger partial charge in [-0.25, -0.2) is 4.98 Å². The molecule has 0 spiro atoms. The molecule has 0 aliphatic heterocycles. The highest BCUT2D eigenvalue weighted by molar-refractivity contribution is 7.98. The van der Waals surface area contributed by atoms with E-state index in [4.69, 9.17) is 0 Å². The van der Waals surface area contributed by atoms with Gasteiger partial charge in [-0.1, -0.05) is 13.0 Å². The molecule has 0 fully saturated rings. The van der Waals surface area contributed by atoms with Crippen LogP contribution in [-0.2, 0) is 6.54 Å². The van der Waals surface area contributed by atoms with Gasteiger partial charge in [0.25, 0.3) is 0 Å². The quantitative estimate of drug-likeness (QED) is 0.807. The first-order valence-corrected chi connectivity index (χ1v) is 7.44. The van der Waals surface area contributed by atoms with Crippen LogP contribution in [0.25, 0.3) is 0 Å². The molecule has 1 aromatic rings.